The Labute approximate surface area is 115 Å². The molecule has 0 saturated heterocycles. The van der Waals surface area contributed by atoms with Crippen LogP contribution in [0.15, 0.2) is 33.5 Å². The Kier molecular flexibility index (Phi) is 3.63. The number of aromatic amines is 1. The Balaban J connectivity index is 2.18. The lowest BCUT2D eigenvalue weighted by Crippen LogP contribution is -2.13. The SMILES string of the molecule is Cc1nc(Br)ccc1NC(=O)c1cc(Br)c[nH]1. The minimum atomic E-state index is -0.192. The normalized spacial score (nSPS) is 10.3. The fraction of sp³-hybridized carbons (Fsp3) is 0.0909. The molecule has 0 atom stereocenters. The lowest BCUT2D eigenvalue weighted by molar-refractivity contribution is 0.102. The Morgan fingerprint density at radius 2 is 2.18 bits per heavy atom. The van der Waals surface area contributed by atoms with Crippen molar-refractivity contribution in [3.8, 4) is 0 Å². The van der Waals surface area contributed by atoms with Crippen molar-refractivity contribution in [1.29, 1.82) is 0 Å². The number of anilines is 1. The van der Waals surface area contributed by atoms with Crippen LogP contribution in [0.2, 0.25) is 0 Å². The van der Waals surface area contributed by atoms with Crippen molar-refractivity contribution in [1.82, 2.24) is 9.97 Å². The summed E-state index contributed by atoms with van der Waals surface area (Å²) in [6.45, 7) is 1.84. The molecule has 2 rings (SSSR count). The van der Waals surface area contributed by atoms with Crippen molar-refractivity contribution in [2.24, 2.45) is 0 Å². The summed E-state index contributed by atoms with van der Waals surface area (Å²) in [5.41, 5.74) is 1.96. The van der Waals surface area contributed by atoms with Crippen molar-refractivity contribution in [3.05, 3.63) is 44.9 Å². The van der Waals surface area contributed by atoms with E-state index in [0.29, 0.717) is 11.4 Å². The first-order chi connectivity index (χ1) is 8.06. The molecule has 0 saturated carbocycles. The van der Waals surface area contributed by atoms with E-state index >= 15 is 0 Å². The maximum absolute atomic E-state index is 11.9. The van der Waals surface area contributed by atoms with Crippen molar-refractivity contribution in [2.75, 3.05) is 5.32 Å². The third-order valence-electron chi connectivity index (χ3n) is 2.19. The molecule has 1 amide bonds. The number of pyridine rings is 1. The molecule has 0 aromatic carbocycles. The first-order valence-electron chi connectivity index (χ1n) is 4.84. The van der Waals surface area contributed by atoms with Gasteiger partial charge in [0.25, 0.3) is 5.91 Å². The maximum atomic E-state index is 11.9. The summed E-state index contributed by atoms with van der Waals surface area (Å²) in [7, 11) is 0. The molecule has 0 aliphatic heterocycles. The number of aromatic nitrogens is 2. The first-order valence-corrected chi connectivity index (χ1v) is 6.43. The van der Waals surface area contributed by atoms with E-state index in [1.165, 1.54) is 0 Å². The van der Waals surface area contributed by atoms with Gasteiger partial charge in [0, 0.05) is 10.7 Å². The second-order valence-corrected chi connectivity index (χ2v) is 5.18. The highest BCUT2D eigenvalue weighted by molar-refractivity contribution is 9.10. The quantitative estimate of drug-likeness (QED) is 0.807. The average molecular weight is 359 g/mol. The fourth-order valence-electron chi connectivity index (χ4n) is 1.35. The van der Waals surface area contributed by atoms with Gasteiger partial charge in [-0.05, 0) is 57.0 Å². The molecule has 0 radical (unpaired) electrons. The molecule has 0 aliphatic rings. The summed E-state index contributed by atoms with van der Waals surface area (Å²) in [5, 5.41) is 2.79. The Hall–Kier alpha value is -1.14. The standard InChI is InChI=1S/C11H9Br2N3O/c1-6-8(2-3-10(13)15-6)16-11(17)9-4-7(12)5-14-9/h2-5,14H,1H3,(H,16,17). The molecule has 0 spiro atoms. The molecule has 2 aromatic rings. The number of H-pyrrole nitrogens is 1. The molecular weight excluding hydrogens is 350 g/mol. The molecule has 4 nitrogen and oxygen atoms in total. The topological polar surface area (TPSA) is 57.8 Å². The highest BCUT2D eigenvalue weighted by Gasteiger charge is 2.10. The number of carbonyl (C=O) groups is 1. The van der Waals surface area contributed by atoms with Gasteiger partial charge in [-0.3, -0.25) is 4.79 Å². The third-order valence-corrected chi connectivity index (χ3v) is 3.09. The van der Waals surface area contributed by atoms with E-state index in [9.17, 15) is 4.79 Å². The van der Waals surface area contributed by atoms with Gasteiger partial charge in [0.05, 0.1) is 11.4 Å². The molecule has 6 heteroatoms. The van der Waals surface area contributed by atoms with Crippen LogP contribution in [0, 0.1) is 6.92 Å². The van der Waals surface area contributed by atoms with Crippen molar-refractivity contribution in [2.45, 2.75) is 6.92 Å². The van der Waals surface area contributed by atoms with Crippen LogP contribution in [-0.4, -0.2) is 15.9 Å². The lowest BCUT2D eigenvalue weighted by Gasteiger charge is -2.06. The van der Waals surface area contributed by atoms with Gasteiger partial charge in [0.15, 0.2) is 0 Å². The molecule has 0 aliphatic carbocycles. The van der Waals surface area contributed by atoms with Crippen LogP contribution in [0.25, 0.3) is 0 Å². The molecule has 2 aromatic heterocycles. The molecule has 2 heterocycles. The highest BCUT2D eigenvalue weighted by atomic mass is 79.9. The second-order valence-electron chi connectivity index (χ2n) is 3.45. The highest BCUT2D eigenvalue weighted by Crippen LogP contribution is 2.17. The first kappa shape index (κ1) is 12.3. The van der Waals surface area contributed by atoms with E-state index in [4.69, 9.17) is 0 Å². The summed E-state index contributed by atoms with van der Waals surface area (Å²) >= 11 is 6.55. The fourth-order valence-corrected chi connectivity index (χ4v) is 2.09. The molecule has 0 fully saturated rings. The van der Waals surface area contributed by atoms with E-state index in [2.05, 4.69) is 47.1 Å². The molecule has 0 unspecified atom stereocenters. The third kappa shape index (κ3) is 2.95. The number of hydrogen-bond donors (Lipinski definition) is 2. The largest absolute Gasteiger partial charge is 0.356 e. The number of rotatable bonds is 2. The van der Waals surface area contributed by atoms with E-state index in [0.717, 1.165) is 14.8 Å². The lowest BCUT2D eigenvalue weighted by atomic mass is 10.3. The molecular formula is C11H9Br2N3O. The van der Waals surface area contributed by atoms with Gasteiger partial charge in [-0.1, -0.05) is 0 Å². The van der Waals surface area contributed by atoms with Crippen LogP contribution in [-0.2, 0) is 0 Å². The number of nitrogens with one attached hydrogen (secondary N) is 2. The Morgan fingerprint density at radius 1 is 1.41 bits per heavy atom. The smallest absolute Gasteiger partial charge is 0.272 e. The zero-order valence-electron chi connectivity index (χ0n) is 8.92. The Morgan fingerprint density at radius 3 is 2.76 bits per heavy atom. The number of amides is 1. The molecule has 0 bridgehead atoms. The minimum absolute atomic E-state index is 0.192. The summed E-state index contributed by atoms with van der Waals surface area (Å²) in [6, 6.07) is 5.31. The van der Waals surface area contributed by atoms with Crippen LogP contribution < -0.4 is 5.32 Å². The van der Waals surface area contributed by atoms with Gasteiger partial charge in [-0.2, -0.15) is 0 Å². The van der Waals surface area contributed by atoms with Crippen molar-refractivity contribution >= 4 is 43.5 Å². The van der Waals surface area contributed by atoms with Gasteiger partial charge >= 0.3 is 0 Å². The minimum Gasteiger partial charge on any atom is -0.356 e. The van der Waals surface area contributed by atoms with Gasteiger partial charge in [0.1, 0.15) is 10.3 Å². The number of nitrogens with zero attached hydrogens (tertiary/aromatic N) is 1. The zero-order valence-corrected chi connectivity index (χ0v) is 12.1. The number of halogens is 2. The van der Waals surface area contributed by atoms with Crippen LogP contribution in [0.3, 0.4) is 0 Å². The van der Waals surface area contributed by atoms with Crippen LogP contribution in [0.5, 0.6) is 0 Å². The predicted octanol–water partition coefficient (Wildman–Crippen LogP) is 3.50. The van der Waals surface area contributed by atoms with E-state index < -0.39 is 0 Å². The maximum Gasteiger partial charge on any atom is 0.272 e. The van der Waals surface area contributed by atoms with Crippen LogP contribution in [0.4, 0.5) is 5.69 Å². The van der Waals surface area contributed by atoms with Gasteiger partial charge in [-0.15, -0.1) is 0 Å². The average Bonchev–Trinajstić information content (AvgIpc) is 2.69. The van der Waals surface area contributed by atoms with Crippen molar-refractivity contribution in [3.63, 3.8) is 0 Å². The van der Waals surface area contributed by atoms with E-state index in [1.54, 1.807) is 18.3 Å². The summed E-state index contributed by atoms with van der Waals surface area (Å²) in [5.74, 6) is -0.192. The van der Waals surface area contributed by atoms with E-state index in [1.807, 2.05) is 13.0 Å². The molecule has 88 valence electrons. The monoisotopic (exact) mass is 357 g/mol. The van der Waals surface area contributed by atoms with Gasteiger partial charge in [0.2, 0.25) is 0 Å². The number of carbonyl (C=O) groups excluding carboxylic acids is 1. The molecule has 17 heavy (non-hydrogen) atoms. The summed E-state index contributed by atoms with van der Waals surface area (Å²) < 4.78 is 1.59. The van der Waals surface area contributed by atoms with E-state index in [-0.39, 0.29) is 5.91 Å². The number of hydrogen-bond acceptors (Lipinski definition) is 2. The molecule has 2 N–H and O–H groups in total. The zero-order chi connectivity index (χ0) is 12.4. The summed E-state index contributed by atoms with van der Waals surface area (Å²) in [4.78, 5) is 18.9. The predicted molar refractivity (Wildman–Crippen MR) is 73.1 cm³/mol. The summed E-state index contributed by atoms with van der Waals surface area (Å²) in [6.07, 6.45) is 1.71. The Bertz CT molecular complexity index is 566. The van der Waals surface area contributed by atoms with Crippen LogP contribution >= 0.6 is 31.9 Å². The van der Waals surface area contributed by atoms with Gasteiger partial charge < -0.3 is 10.3 Å². The number of aryl methyl sites for hydroxylation is 1. The van der Waals surface area contributed by atoms with Crippen LogP contribution in [0.1, 0.15) is 16.2 Å². The van der Waals surface area contributed by atoms with Gasteiger partial charge in [-0.25, -0.2) is 4.98 Å². The second kappa shape index (κ2) is 5.01. The van der Waals surface area contributed by atoms with Crippen molar-refractivity contribution < 1.29 is 4.79 Å².